The Morgan fingerprint density at radius 1 is 1.57 bits per heavy atom. The molecule has 2 heteroatoms. The van der Waals surface area contributed by atoms with Crippen LogP contribution in [-0.4, -0.2) is 6.04 Å². The minimum absolute atomic E-state index is 0.502. The van der Waals surface area contributed by atoms with Crippen LogP contribution >= 0.6 is 0 Å². The molecule has 1 heterocycles. The molecule has 70 valence electrons. The lowest BCUT2D eigenvalue weighted by atomic mass is 10.0. The molecule has 14 heavy (non-hydrogen) atoms. The third-order valence-electron chi connectivity index (χ3n) is 2.46. The molecule has 1 aromatic rings. The molecule has 1 unspecified atom stereocenters. The maximum Gasteiger partial charge on any atom is 0.0912 e. The monoisotopic (exact) mass is 184 g/mol. The van der Waals surface area contributed by atoms with Gasteiger partial charge < -0.3 is 5.32 Å². The van der Waals surface area contributed by atoms with Crippen LogP contribution in [0.3, 0.4) is 0 Å². The molecular weight excluding hydrogens is 172 g/mol. The van der Waals surface area contributed by atoms with E-state index in [1.54, 1.807) is 0 Å². The lowest BCUT2D eigenvalue weighted by molar-refractivity contribution is 0.838. The maximum atomic E-state index is 8.48. The molecular formula is C12H12N2. The van der Waals surface area contributed by atoms with Gasteiger partial charge in [-0.15, -0.1) is 0 Å². The summed E-state index contributed by atoms with van der Waals surface area (Å²) in [6, 6.07) is 8.67. The Morgan fingerprint density at radius 2 is 2.43 bits per heavy atom. The van der Waals surface area contributed by atoms with Gasteiger partial charge in [-0.1, -0.05) is 12.1 Å². The molecule has 0 fully saturated rings. The molecule has 0 saturated heterocycles. The fraction of sp³-hybridized carbons (Fsp3) is 0.250. The zero-order valence-corrected chi connectivity index (χ0v) is 8.12. The van der Waals surface area contributed by atoms with Gasteiger partial charge in [0.1, 0.15) is 0 Å². The van der Waals surface area contributed by atoms with E-state index in [9.17, 15) is 0 Å². The Morgan fingerprint density at radius 3 is 3.21 bits per heavy atom. The topological polar surface area (TPSA) is 35.8 Å². The van der Waals surface area contributed by atoms with Crippen LogP contribution in [0.15, 0.2) is 24.3 Å². The highest BCUT2D eigenvalue weighted by molar-refractivity contribution is 5.68. The van der Waals surface area contributed by atoms with E-state index in [1.165, 1.54) is 17.3 Å². The molecule has 0 radical (unpaired) electrons. The largest absolute Gasteiger partial charge is 0.382 e. The molecule has 1 aromatic carbocycles. The Hall–Kier alpha value is -1.75. The number of nitrogens with one attached hydrogen (secondary N) is 1. The molecule has 1 aliphatic heterocycles. The molecule has 0 bridgehead atoms. The molecule has 2 rings (SSSR count). The maximum absolute atomic E-state index is 8.48. The summed E-state index contributed by atoms with van der Waals surface area (Å²) < 4.78 is 0. The van der Waals surface area contributed by atoms with E-state index in [-0.39, 0.29) is 0 Å². The lowest BCUT2D eigenvalue weighted by Gasteiger charge is -2.02. The number of hydrogen-bond donors (Lipinski definition) is 1. The van der Waals surface area contributed by atoms with Crippen molar-refractivity contribution in [2.75, 3.05) is 5.32 Å². The number of nitriles is 1. The van der Waals surface area contributed by atoms with Gasteiger partial charge >= 0.3 is 0 Å². The summed E-state index contributed by atoms with van der Waals surface area (Å²) in [6.45, 7) is 2.16. The average molecular weight is 184 g/mol. The first-order chi connectivity index (χ1) is 6.81. The molecule has 0 amide bonds. The van der Waals surface area contributed by atoms with Crippen LogP contribution in [0, 0.1) is 11.3 Å². The molecule has 0 spiro atoms. The highest BCUT2D eigenvalue weighted by Crippen LogP contribution is 2.29. The summed E-state index contributed by atoms with van der Waals surface area (Å²) in [5, 5.41) is 11.9. The highest BCUT2D eigenvalue weighted by Gasteiger charge is 2.17. The normalized spacial score (nSPS) is 19.0. The fourth-order valence-electron chi connectivity index (χ4n) is 1.87. The van der Waals surface area contributed by atoms with Crippen LogP contribution < -0.4 is 5.32 Å². The van der Waals surface area contributed by atoms with Crippen molar-refractivity contribution in [2.45, 2.75) is 19.4 Å². The van der Waals surface area contributed by atoms with Gasteiger partial charge in [-0.3, -0.25) is 0 Å². The Bertz CT molecular complexity index is 413. The summed E-state index contributed by atoms with van der Waals surface area (Å²) in [7, 11) is 0. The minimum Gasteiger partial charge on any atom is -0.382 e. The van der Waals surface area contributed by atoms with Crippen molar-refractivity contribution in [3.63, 3.8) is 0 Å². The number of fused-ring (bicyclic) bond motifs is 1. The summed E-state index contributed by atoms with van der Waals surface area (Å²) in [5.74, 6) is 0. The van der Waals surface area contributed by atoms with Crippen LogP contribution in [0.25, 0.3) is 6.08 Å². The molecule has 2 nitrogen and oxygen atoms in total. The highest BCUT2D eigenvalue weighted by atomic mass is 14.9. The van der Waals surface area contributed by atoms with Crippen molar-refractivity contribution in [1.82, 2.24) is 0 Å². The molecule has 0 aromatic heterocycles. The first-order valence-electron chi connectivity index (χ1n) is 4.76. The fourth-order valence-corrected chi connectivity index (χ4v) is 1.87. The molecule has 0 aliphatic carbocycles. The van der Waals surface area contributed by atoms with Crippen molar-refractivity contribution in [1.29, 1.82) is 5.26 Å². The third kappa shape index (κ3) is 1.49. The van der Waals surface area contributed by atoms with Gasteiger partial charge in [0.2, 0.25) is 0 Å². The molecule has 1 N–H and O–H groups in total. The predicted molar refractivity (Wildman–Crippen MR) is 57.9 cm³/mol. The van der Waals surface area contributed by atoms with Crippen molar-refractivity contribution in [3.05, 3.63) is 35.4 Å². The number of allylic oxidation sites excluding steroid dienone is 1. The van der Waals surface area contributed by atoms with Crippen molar-refractivity contribution >= 4 is 11.8 Å². The second kappa shape index (κ2) is 3.55. The van der Waals surface area contributed by atoms with E-state index in [1.807, 2.05) is 24.3 Å². The Balaban J connectivity index is 2.40. The minimum atomic E-state index is 0.502. The Kier molecular flexibility index (Phi) is 2.24. The van der Waals surface area contributed by atoms with E-state index < -0.39 is 0 Å². The number of hydrogen-bond acceptors (Lipinski definition) is 2. The first kappa shape index (κ1) is 8.83. The quantitative estimate of drug-likeness (QED) is 0.681. The first-order valence-corrected chi connectivity index (χ1v) is 4.76. The zero-order chi connectivity index (χ0) is 9.97. The summed E-state index contributed by atoms with van der Waals surface area (Å²) in [4.78, 5) is 0. The second-order valence-electron chi connectivity index (χ2n) is 3.59. The number of rotatable bonds is 1. The van der Waals surface area contributed by atoms with E-state index in [0.29, 0.717) is 6.04 Å². The standard InChI is InChI=1S/C12H12N2/c1-9-8-11-10(5-3-7-13)4-2-6-12(11)14-9/h2-6,9,14H,8H2,1H3. The summed E-state index contributed by atoms with van der Waals surface area (Å²) >= 11 is 0. The second-order valence-corrected chi connectivity index (χ2v) is 3.59. The van der Waals surface area contributed by atoms with E-state index in [0.717, 1.165) is 12.0 Å². The van der Waals surface area contributed by atoms with Gasteiger partial charge in [0.25, 0.3) is 0 Å². The molecule has 1 aliphatic rings. The van der Waals surface area contributed by atoms with Crippen molar-refractivity contribution in [2.24, 2.45) is 0 Å². The number of benzene rings is 1. The average Bonchev–Trinajstić information content (AvgIpc) is 2.55. The smallest absolute Gasteiger partial charge is 0.0912 e. The van der Waals surface area contributed by atoms with Gasteiger partial charge in [-0.25, -0.2) is 0 Å². The third-order valence-corrected chi connectivity index (χ3v) is 2.46. The van der Waals surface area contributed by atoms with Crippen molar-refractivity contribution < 1.29 is 0 Å². The van der Waals surface area contributed by atoms with Gasteiger partial charge in [0.05, 0.1) is 6.07 Å². The predicted octanol–water partition coefficient (Wildman–Crippen LogP) is 2.58. The summed E-state index contributed by atoms with van der Waals surface area (Å²) in [5.41, 5.74) is 3.69. The SMILES string of the molecule is CC1Cc2c(C=CC#N)cccc2N1. The van der Waals surface area contributed by atoms with Crippen LogP contribution in [0.4, 0.5) is 5.69 Å². The molecule has 1 atom stereocenters. The Labute approximate surface area is 83.9 Å². The van der Waals surface area contributed by atoms with E-state index in [2.05, 4.69) is 18.3 Å². The zero-order valence-electron chi connectivity index (χ0n) is 8.12. The van der Waals surface area contributed by atoms with Crippen LogP contribution in [0.1, 0.15) is 18.1 Å². The summed E-state index contributed by atoms with van der Waals surface area (Å²) in [6.07, 6.45) is 4.44. The van der Waals surface area contributed by atoms with Crippen LogP contribution in [-0.2, 0) is 6.42 Å². The van der Waals surface area contributed by atoms with E-state index in [4.69, 9.17) is 5.26 Å². The van der Waals surface area contributed by atoms with Gasteiger partial charge in [-0.05, 0) is 36.6 Å². The van der Waals surface area contributed by atoms with Crippen molar-refractivity contribution in [3.8, 4) is 6.07 Å². The lowest BCUT2D eigenvalue weighted by Crippen LogP contribution is -2.08. The van der Waals surface area contributed by atoms with Gasteiger partial charge in [-0.2, -0.15) is 5.26 Å². The molecule has 0 saturated carbocycles. The van der Waals surface area contributed by atoms with Crippen LogP contribution in [0.5, 0.6) is 0 Å². The van der Waals surface area contributed by atoms with Gasteiger partial charge in [0, 0.05) is 17.8 Å². The van der Waals surface area contributed by atoms with Gasteiger partial charge in [0.15, 0.2) is 0 Å². The number of anilines is 1. The van der Waals surface area contributed by atoms with Crippen LogP contribution in [0.2, 0.25) is 0 Å². The van der Waals surface area contributed by atoms with E-state index >= 15 is 0 Å². The number of nitrogens with zero attached hydrogens (tertiary/aromatic N) is 1.